The molecule has 0 radical (unpaired) electrons. The van der Waals surface area contributed by atoms with E-state index in [-0.39, 0.29) is 5.66 Å². The molecule has 0 saturated carbocycles. The lowest BCUT2D eigenvalue weighted by atomic mass is 10.6. The van der Waals surface area contributed by atoms with Crippen LogP contribution in [0.4, 0.5) is 13.2 Å². The normalized spacial score (nSPS) is 17.4. The first kappa shape index (κ1) is 16.7. The molecule has 1 unspecified atom stereocenters. The van der Waals surface area contributed by atoms with Crippen LogP contribution in [0.1, 0.15) is 13.8 Å². The van der Waals surface area contributed by atoms with Crippen molar-refractivity contribution in [3.63, 3.8) is 0 Å². The molecule has 0 N–H and O–H groups in total. The Hall–Kier alpha value is 0.677. The van der Waals surface area contributed by atoms with Gasteiger partial charge < -0.3 is 8.93 Å². The Kier molecular flexibility index (Phi) is 5.78. The maximum Gasteiger partial charge on any atom is 0.412 e. The zero-order valence-electron chi connectivity index (χ0n) is 10.1. The average Bonchev–Trinajstić information content (AvgIpc) is 1.96. The summed E-state index contributed by atoms with van der Waals surface area (Å²) in [6.07, 6.45) is -4.30. The number of hydrogen-bond acceptors (Lipinski definition) is 2. The van der Waals surface area contributed by atoms with Crippen LogP contribution in [0.2, 0.25) is 19.6 Å². The molecule has 0 aromatic heterocycles. The highest BCUT2D eigenvalue weighted by atomic mass is 79.9. The zero-order chi connectivity index (χ0) is 13.2. The molecule has 0 amide bonds. The van der Waals surface area contributed by atoms with Crippen molar-refractivity contribution in [2.24, 2.45) is 4.41 Å². The van der Waals surface area contributed by atoms with Gasteiger partial charge in [0.1, 0.15) is 12.6 Å². The van der Waals surface area contributed by atoms with Gasteiger partial charge in [-0.2, -0.15) is 13.2 Å². The summed E-state index contributed by atoms with van der Waals surface area (Å²) in [4.78, 5) is 0. The predicted octanol–water partition coefficient (Wildman–Crippen LogP) is 5.23. The van der Waals surface area contributed by atoms with Crippen LogP contribution in [0, 0.1) is 0 Å². The Morgan fingerprint density at radius 2 is 1.75 bits per heavy atom. The standard InChI is InChI=1S/C8H18BrF3NOPSi/c1-7(2)15(9,13-16(3,4)5)14-6-8(10,11)12/h7H,6H2,1-5H3. The van der Waals surface area contributed by atoms with Crippen LogP contribution in [-0.2, 0) is 4.52 Å². The van der Waals surface area contributed by atoms with Crippen molar-refractivity contribution in [3.05, 3.63) is 0 Å². The quantitative estimate of drug-likeness (QED) is 0.507. The van der Waals surface area contributed by atoms with Crippen LogP contribution >= 0.6 is 21.5 Å². The summed E-state index contributed by atoms with van der Waals surface area (Å²) in [5, 5.41) is 0. The van der Waals surface area contributed by atoms with Crippen molar-refractivity contribution in [1.29, 1.82) is 0 Å². The molecule has 0 spiro atoms. The first-order chi connectivity index (χ1) is 6.86. The summed E-state index contributed by atoms with van der Waals surface area (Å²) < 4.78 is 45.9. The highest BCUT2D eigenvalue weighted by Crippen LogP contribution is 2.63. The third-order valence-electron chi connectivity index (χ3n) is 1.48. The van der Waals surface area contributed by atoms with E-state index in [4.69, 9.17) is 4.52 Å². The summed E-state index contributed by atoms with van der Waals surface area (Å²) in [5.41, 5.74) is -0.0541. The summed E-state index contributed by atoms with van der Waals surface area (Å²) in [6.45, 7) is 8.33. The fourth-order valence-electron chi connectivity index (χ4n) is 0.866. The van der Waals surface area contributed by atoms with E-state index in [1.54, 1.807) is 0 Å². The summed E-state index contributed by atoms with van der Waals surface area (Å²) in [7, 11) is -1.82. The average molecular weight is 340 g/mol. The number of halogens is 4. The number of rotatable bonds is 4. The third kappa shape index (κ3) is 7.09. The maximum atomic E-state index is 12.1. The van der Waals surface area contributed by atoms with E-state index < -0.39 is 27.0 Å². The molecule has 0 aromatic carbocycles. The van der Waals surface area contributed by atoms with E-state index >= 15 is 0 Å². The number of nitrogens with zero attached hydrogens (tertiary/aromatic N) is 1. The predicted molar refractivity (Wildman–Crippen MR) is 68.8 cm³/mol. The molecule has 1 atom stereocenters. The van der Waals surface area contributed by atoms with Crippen LogP contribution < -0.4 is 0 Å². The van der Waals surface area contributed by atoms with E-state index in [2.05, 4.69) is 19.9 Å². The minimum atomic E-state index is -4.30. The molecule has 0 aliphatic carbocycles. The Balaban J connectivity index is 4.94. The lowest BCUT2D eigenvalue weighted by Crippen LogP contribution is -2.20. The number of alkyl halides is 3. The second kappa shape index (κ2) is 5.55. The van der Waals surface area contributed by atoms with Crippen molar-refractivity contribution in [2.75, 3.05) is 6.61 Å². The minimum absolute atomic E-state index is 0.0541. The molecule has 16 heavy (non-hydrogen) atoms. The Morgan fingerprint density at radius 3 is 2.00 bits per heavy atom. The monoisotopic (exact) mass is 339 g/mol. The van der Waals surface area contributed by atoms with Crippen LogP contribution in [0.5, 0.6) is 0 Å². The first-order valence-corrected chi connectivity index (χ1v) is 12.1. The first-order valence-electron chi connectivity index (χ1n) is 4.90. The van der Waals surface area contributed by atoms with Gasteiger partial charge in [-0.25, -0.2) is 0 Å². The van der Waals surface area contributed by atoms with Crippen molar-refractivity contribution in [3.8, 4) is 0 Å². The van der Waals surface area contributed by atoms with Gasteiger partial charge in [-0.05, 0) is 35.1 Å². The van der Waals surface area contributed by atoms with Gasteiger partial charge in [0, 0.05) is 5.66 Å². The Morgan fingerprint density at radius 1 is 1.31 bits per heavy atom. The SMILES string of the molecule is CC(C)P(Br)(=N[Si](C)(C)C)OCC(F)(F)F. The fourth-order valence-corrected chi connectivity index (χ4v) is 10.5. The van der Waals surface area contributed by atoms with Crippen molar-refractivity contribution >= 4 is 29.7 Å². The van der Waals surface area contributed by atoms with Crippen LogP contribution in [0.15, 0.2) is 4.41 Å². The zero-order valence-corrected chi connectivity index (χ0v) is 13.6. The molecule has 0 saturated heterocycles. The lowest BCUT2D eigenvalue weighted by molar-refractivity contribution is -0.152. The summed E-state index contributed by atoms with van der Waals surface area (Å²) >= 11 is 3.30. The highest BCUT2D eigenvalue weighted by Gasteiger charge is 2.33. The van der Waals surface area contributed by atoms with E-state index in [0.717, 1.165) is 0 Å². The van der Waals surface area contributed by atoms with E-state index in [9.17, 15) is 13.2 Å². The molecular formula is C8H18BrF3NOPSi. The number of hydrogen-bond donors (Lipinski definition) is 0. The Labute approximate surface area is 104 Å². The van der Waals surface area contributed by atoms with Gasteiger partial charge in [0.2, 0.25) is 0 Å². The summed E-state index contributed by atoms with van der Waals surface area (Å²) in [6, 6.07) is 0. The van der Waals surface area contributed by atoms with Gasteiger partial charge in [-0.3, -0.25) is 0 Å². The molecule has 0 rings (SSSR count). The molecule has 0 aromatic rings. The third-order valence-corrected chi connectivity index (χ3v) is 11.2. The molecule has 0 fully saturated rings. The van der Waals surface area contributed by atoms with Gasteiger partial charge in [-0.15, -0.1) is 0 Å². The van der Waals surface area contributed by atoms with Crippen molar-refractivity contribution in [1.82, 2.24) is 0 Å². The molecular weight excluding hydrogens is 322 g/mol. The van der Waals surface area contributed by atoms with Crippen molar-refractivity contribution < 1.29 is 17.7 Å². The van der Waals surface area contributed by atoms with E-state index in [1.165, 1.54) is 0 Å². The maximum absolute atomic E-state index is 12.1. The van der Waals surface area contributed by atoms with Gasteiger partial charge in [0.15, 0.2) is 8.24 Å². The Bertz CT molecular complexity index is 288. The van der Waals surface area contributed by atoms with E-state index in [1.807, 2.05) is 33.5 Å². The summed E-state index contributed by atoms with van der Waals surface area (Å²) in [5.74, 6) is -2.48. The van der Waals surface area contributed by atoms with Gasteiger partial charge in [0.25, 0.3) is 0 Å². The molecule has 8 heteroatoms. The molecule has 0 bridgehead atoms. The smallest absolute Gasteiger partial charge is 0.327 e. The molecule has 2 nitrogen and oxygen atoms in total. The van der Waals surface area contributed by atoms with Gasteiger partial charge in [0.05, 0.1) is 0 Å². The van der Waals surface area contributed by atoms with Gasteiger partial charge >= 0.3 is 6.18 Å². The second-order valence-electron chi connectivity index (χ2n) is 4.80. The highest BCUT2D eigenvalue weighted by molar-refractivity contribution is 9.40. The fraction of sp³-hybridized carbons (Fsp3) is 1.00. The van der Waals surface area contributed by atoms with Crippen LogP contribution in [-0.4, -0.2) is 26.7 Å². The lowest BCUT2D eigenvalue weighted by Gasteiger charge is -2.26. The van der Waals surface area contributed by atoms with Crippen LogP contribution in [0.25, 0.3) is 0 Å². The van der Waals surface area contributed by atoms with E-state index in [0.29, 0.717) is 0 Å². The van der Waals surface area contributed by atoms with Crippen molar-refractivity contribution in [2.45, 2.75) is 45.3 Å². The topological polar surface area (TPSA) is 21.6 Å². The molecule has 0 aliphatic rings. The second-order valence-corrected chi connectivity index (χ2v) is 15.4. The minimum Gasteiger partial charge on any atom is -0.327 e. The largest absolute Gasteiger partial charge is 0.412 e. The van der Waals surface area contributed by atoms with Crippen LogP contribution in [0.3, 0.4) is 0 Å². The van der Waals surface area contributed by atoms with Gasteiger partial charge in [-0.1, -0.05) is 13.8 Å². The molecule has 98 valence electrons. The molecule has 0 aliphatic heterocycles. The molecule has 0 heterocycles.